The van der Waals surface area contributed by atoms with Gasteiger partial charge in [-0.1, -0.05) is 87.5 Å². The van der Waals surface area contributed by atoms with Crippen molar-refractivity contribution < 1.29 is 0 Å². The molecule has 0 fully saturated rings. The Balaban J connectivity index is 1.65. The summed E-state index contributed by atoms with van der Waals surface area (Å²) in [7, 11) is 0. The van der Waals surface area contributed by atoms with Gasteiger partial charge in [0.05, 0.1) is 5.69 Å². The van der Waals surface area contributed by atoms with Crippen molar-refractivity contribution in [1.29, 1.82) is 0 Å². The van der Waals surface area contributed by atoms with Gasteiger partial charge in [-0.15, -0.1) is 0 Å². The predicted octanol–water partition coefficient (Wildman–Crippen LogP) is 8.31. The Bertz CT molecular complexity index is 1390. The van der Waals surface area contributed by atoms with Crippen molar-refractivity contribution in [3.8, 4) is 22.4 Å². The van der Waals surface area contributed by atoms with Crippen molar-refractivity contribution >= 4 is 21.5 Å². The molecule has 0 bridgehead atoms. The molecule has 1 aromatic heterocycles. The van der Waals surface area contributed by atoms with Gasteiger partial charge in [0.25, 0.3) is 0 Å². The molecule has 4 aromatic carbocycles. The second-order valence-corrected chi connectivity index (χ2v) is 9.56. The van der Waals surface area contributed by atoms with E-state index in [4.69, 9.17) is 0 Å². The van der Waals surface area contributed by atoms with E-state index in [1.54, 1.807) is 0 Å². The average molecular weight is 402 g/mol. The molecule has 0 amide bonds. The lowest BCUT2D eigenvalue weighted by atomic mass is 9.88. The number of benzene rings is 4. The van der Waals surface area contributed by atoms with Crippen LogP contribution in [0.3, 0.4) is 0 Å². The summed E-state index contributed by atoms with van der Waals surface area (Å²) in [4.78, 5) is 4.69. The Hall–Kier alpha value is -3.45. The largest absolute Gasteiger partial charge is 0.256 e. The van der Waals surface area contributed by atoms with Gasteiger partial charge in [0, 0.05) is 11.8 Å². The standard InChI is InChI=1S/C30H27N/c1-30(2,3)20-21-15-16-31-29(17-21)24-11-8-10-22(18-24)28-19-23-9-4-5-12-25(23)26-13-6-7-14-27(26)28/h4-19H,20H2,1-3H3. The summed E-state index contributed by atoms with van der Waals surface area (Å²) in [6, 6.07) is 32.8. The lowest BCUT2D eigenvalue weighted by Gasteiger charge is -2.18. The smallest absolute Gasteiger partial charge is 0.0704 e. The van der Waals surface area contributed by atoms with Gasteiger partial charge in [-0.25, -0.2) is 0 Å². The fourth-order valence-electron chi connectivity index (χ4n) is 4.49. The van der Waals surface area contributed by atoms with Crippen LogP contribution in [0.1, 0.15) is 26.3 Å². The van der Waals surface area contributed by atoms with Crippen LogP contribution >= 0.6 is 0 Å². The van der Waals surface area contributed by atoms with E-state index < -0.39 is 0 Å². The zero-order chi connectivity index (χ0) is 21.4. The fourth-order valence-corrected chi connectivity index (χ4v) is 4.49. The van der Waals surface area contributed by atoms with Crippen LogP contribution in [0.25, 0.3) is 43.9 Å². The summed E-state index contributed by atoms with van der Waals surface area (Å²) in [5.41, 5.74) is 6.27. The normalized spacial score (nSPS) is 11.8. The van der Waals surface area contributed by atoms with Crippen molar-refractivity contribution in [3.63, 3.8) is 0 Å². The van der Waals surface area contributed by atoms with Gasteiger partial charge in [0.15, 0.2) is 0 Å². The summed E-state index contributed by atoms with van der Waals surface area (Å²) in [5.74, 6) is 0. The monoisotopic (exact) mass is 401 g/mol. The third-order valence-electron chi connectivity index (χ3n) is 5.80. The van der Waals surface area contributed by atoms with Crippen LogP contribution in [0.5, 0.6) is 0 Å². The zero-order valence-corrected chi connectivity index (χ0v) is 18.4. The maximum absolute atomic E-state index is 4.69. The number of hydrogen-bond donors (Lipinski definition) is 0. The van der Waals surface area contributed by atoms with Crippen LogP contribution in [-0.4, -0.2) is 4.98 Å². The molecule has 0 N–H and O–H groups in total. The molecule has 0 saturated heterocycles. The van der Waals surface area contributed by atoms with Gasteiger partial charge in [-0.3, -0.25) is 4.98 Å². The molecular weight excluding hydrogens is 374 g/mol. The molecule has 0 unspecified atom stereocenters. The van der Waals surface area contributed by atoms with E-state index in [0.717, 1.165) is 17.7 Å². The SMILES string of the molecule is CC(C)(C)Cc1ccnc(-c2cccc(-c3cc4ccccc4c4ccccc34)c2)c1. The molecule has 0 aliphatic rings. The second kappa shape index (κ2) is 7.67. The number of rotatable bonds is 3. The van der Waals surface area contributed by atoms with Gasteiger partial charge < -0.3 is 0 Å². The predicted molar refractivity (Wildman–Crippen MR) is 133 cm³/mol. The Kier molecular flexibility index (Phi) is 4.82. The van der Waals surface area contributed by atoms with Gasteiger partial charge in [0.2, 0.25) is 0 Å². The van der Waals surface area contributed by atoms with E-state index in [1.165, 1.54) is 38.2 Å². The van der Waals surface area contributed by atoms with Crippen LogP contribution in [0, 0.1) is 5.41 Å². The highest BCUT2D eigenvalue weighted by atomic mass is 14.7. The molecule has 5 aromatic rings. The zero-order valence-electron chi connectivity index (χ0n) is 18.4. The summed E-state index contributed by atoms with van der Waals surface area (Å²) in [6.07, 6.45) is 2.98. The molecule has 0 atom stereocenters. The van der Waals surface area contributed by atoms with E-state index in [9.17, 15) is 0 Å². The Labute approximate surface area is 184 Å². The first-order valence-corrected chi connectivity index (χ1v) is 10.9. The molecule has 0 aliphatic heterocycles. The molecule has 1 nitrogen and oxygen atoms in total. The third kappa shape index (κ3) is 3.96. The van der Waals surface area contributed by atoms with E-state index >= 15 is 0 Å². The van der Waals surface area contributed by atoms with Gasteiger partial charge in [0.1, 0.15) is 0 Å². The van der Waals surface area contributed by atoms with E-state index in [2.05, 4.69) is 117 Å². The Morgan fingerprint density at radius 1 is 0.645 bits per heavy atom. The molecule has 0 aliphatic carbocycles. The quantitative estimate of drug-likeness (QED) is 0.277. The Morgan fingerprint density at radius 3 is 2.16 bits per heavy atom. The molecule has 152 valence electrons. The highest BCUT2D eigenvalue weighted by molar-refractivity contribution is 6.13. The van der Waals surface area contributed by atoms with Crippen molar-refractivity contribution in [3.05, 3.63) is 103 Å². The highest BCUT2D eigenvalue weighted by Crippen LogP contribution is 2.36. The summed E-state index contributed by atoms with van der Waals surface area (Å²) in [5, 5.41) is 5.15. The summed E-state index contributed by atoms with van der Waals surface area (Å²) < 4.78 is 0. The highest BCUT2D eigenvalue weighted by Gasteiger charge is 2.13. The van der Waals surface area contributed by atoms with Crippen molar-refractivity contribution in [2.24, 2.45) is 5.41 Å². The number of nitrogens with zero attached hydrogens (tertiary/aromatic N) is 1. The molecule has 1 heteroatoms. The van der Waals surface area contributed by atoms with Crippen LogP contribution in [0.15, 0.2) is 97.2 Å². The van der Waals surface area contributed by atoms with Gasteiger partial charge in [-0.2, -0.15) is 0 Å². The maximum Gasteiger partial charge on any atom is 0.0704 e. The van der Waals surface area contributed by atoms with Gasteiger partial charge >= 0.3 is 0 Å². The first kappa shape index (κ1) is 19.5. The summed E-state index contributed by atoms with van der Waals surface area (Å²) in [6.45, 7) is 6.83. The molecule has 0 radical (unpaired) electrons. The number of pyridine rings is 1. The first-order valence-electron chi connectivity index (χ1n) is 10.9. The molecule has 5 rings (SSSR count). The van der Waals surface area contributed by atoms with Gasteiger partial charge in [-0.05, 0) is 74.3 Å². The fraction of sp³-hybridized carbons (Fsp3) is 0.167. The van der Waals surface area contributed by atoms with Crippen molar-refractivity contribution in [1.82, 2.24) is 4.98 Å². The van der Waals surface area contributed by atoms with Crippen LogP contribution in [0.2, 0.25) is 0 Å². The number of hydrogen-bond acceptors (Lipinski definition) is 1. The average Bonchev–Trinajstić information content (AvgIpc) is 2.78. The Morgan fingerprint density at radius 2 is 1.35 bits per heavy atom. The summed E-state index contributed by atoms with van der Waals surface area (Å²) >= 11 is 0. The van der Waals surface area contributed by atoms with Crippen molar-refractivity contribution in [2.45, 2.75) is 27.2 Å². The topological polar surface area (TPSA) is 12.9 Å². The molecule has 1 heterocycles. The number of fused-ring (bicyclic) bond motifs is 3. The molecule has 31 heavy (non-hydrogen) atoms. The van der Waals surface area contributed by atoms with Crippen LogP contribution in [0.4, 0.5) is 0 Å². The van der Waals surface area contributed by atoms with Crippen LogP contribution in [-0.2, 0) is 6.42 Å². The number of aromatic nitrogens is 1. The molecule has 0 spiro atoms. The van der Waals surface area contributed by atoms with E-state index in [0.29, 0.717) is 0 Å². The van der Waals surface area contributed by atoms with E-state index in [-0.39, 0.29) is 5.41 Å². The van der Waals surface area contributed by atoms with Crippen molar-refractivity contribution in [2.75, 3.05) is 0 Å². The lowest BCUT2D eigenvalue weighted by molar-refractivity contribution is 0.411. The maximum atomic E-state index is 4.69. The van der Waals surface area contributed by atoms with Crippen LogP contribution < -0.4 is 0 Å². The minimum absolute atomic E-state index is 0.254. The first-order chi connectivity index (χ1) is 15.0. The third-order valence-corrected chi connectivity index (χ3v) is 5.80. The minimum atomic E-state index is 0.254. The van der Waals surface area contributed by atoms with E-state index in [1.807, 2.05) is 6.20 Å². The molecular formula is C30H27N. The minimum Gasteiger partial charge on any atom is -0.256 e. The lowest BCUT2D eigenvalue weighted by Crippen LogP contribution is -2.09. The second-order valence-electron chi connectivity index (χ2n) is 9.56. The molecule has 0 saturated carbocycles.